The molecule has 0 saturated heterocycles. The third-order valence-electron chi connectivity index (χ3n) is 5.12. The summed E-state index contributed by atoms with van der Waals surface area (Å²) < 4.78 is 42.1. The fourth-order valence-electron chi connectivity index (χ4n) is 3.85. The highest BCUT2D eigenvalue weighted by Gasteiger charge is 2.31. The molecule has 2 aromatic carbocycles. The van der Waals surface area contributed by atoms with Gasteiger partial charge in [0, 0.05) is 11.7 Å². The molecular formula is C21H21FN2O2S. The van der Waals surface area contributed by atoms with Crippen molar-refractivity contribution in [2.75, 3.05) is 7.05 Å². The molecule has 1 heterocycles. The summed E-state index contributed by atoms with van der Waals surface area (Å²) in [5.41, 5.74) is 3.22. The van der Waals surface area contributed by atoms with Gasteiger partial charge in [0.1, 0.15) is 5.82 Å². The smallest absolute Gasteiger partial charge is 0.268 e. The van der Waals surface area contributed by atoms with E-state index in [0.717, 1.165) is 35.7 Å². The van der Waals surface area contributed by atoms with Crippen LogP contribution in [-0.2, 0) is 16.4 Å². The predicted molar refractivity (Wildman–Crippen MR) is 104 cm³/mol. The summed E-state index contributed by atoms with van der Waals surface area (Å²) in [5, 5.41) is 3.28. The SMILES string of the molecule is CNC1CCCc2c1cc(-c1ccccc1)n2S(=O)(=O)c1cccc(F)c1. The van der Waals surface area contributed by atoms with Gasteiger partial charge in [-0.25, -0.2) is 16.8 Å². The Morgan fingerprint density at radius 1 is 1.07 bits per heavy atom. The van der Waals surface area contributed by atoms with Crippen molar-refractivity contribution in [3.05, 3.63) is 77.7 Å². The van der Waals surface area contributed by atoms with Crippen LogP contribution in [0.3, 0.4) is 0 Å². The highest BCUT2D eigenvalue weighted by Crippen LogP contribution is 2.38. The first-order valence-electron chi connectivity index (χ1n) is 9.00. The molecule has 4 nitrogen and oxygen atoms in total. The molecule has 3 aromatic rings. The van der Waals surface area contributed by atoms with Crippen molar-refractivity contribution in [2.45, 2.75) is 30.2 Å². The zero-order chi connectivity index (χ0) is 19.0. The minimum atomic E-state index is -3.92. The number of hydrogen-bond donors (Lipinski definition) is 1. The molecule has 1 atom stereocenters. The summed E-state index contributed by atoms with van der Waals surface area (Å²) >= 11 is 0. The van der Waals surface area contributed by atoms with Gasteiger partial charge in [0.2, 0.25) is 0 Å². The zero-order valence-corrected chi connectivity index (χ0v) is 15.8. The largest absolute Gasteiger partial charge is 0.313 e. The van der Waals surface area contributed by atoms with Crippen molar-refractivity contribution in [2.24, 2.45) is 0 Å². The predicted octanol–water partition coefficient (Wildman–Crippen LogP) is 4.13. The van der Waals surface area contributed by atoms with E-state index < -0.39 is 15.8 Å². The number of nitrogens with zero attached hydrogens (tertiary/aromatic N) is 1. The molecule has 0 aliphatic heterocycles. The molecule has 0 radical (unpaired) electrons. The van der Waals surface area contributed by atoms with Crippen LogP contribution in [0.25, 0.3) is 11.3 Å². The molecule has 1 aromatic heterocycles. The molecule has 0 spiro atoms. The molecule has 1 N–H and O–H groups in total. The van der Waals surface area contributed by atoms with Gasteiger partial charge in [0.05, 0.1) is 10.6 Å². The van der Waals surface area contributed by atoms with Gasteiger partial charge < -0.3 is 5.32 Å². The molecule has 1 unspecified atom stereocenters. The Morgan fingerprint density at radius 3 is 2.56 bits per heavy atom. The second kappa shape index (κ2) is 6.94. The van der Waals surface area contributed by atoms with Crippen molar-refractivity contribution >= 4 is 10.0 Å². The number of benzene rings is 2. The molecule has 0 bridgehead atoms. The van der Waals surface area contributed by atoms with Crippen molar-refractivity contribution in [3.63, 3.8) is 0 Å². The summed E-state index contributed by atoms with van der Waals surface area (Å²) in [4.78, 5) is -0.0373. The Labute approximate surface area is 158 Å². The fourth-order valence-corrected chi connectivity index (χ4v) is 5.47. The number of hydrogen-bond acceptors (Lipinski definition) is 3. The summed E-state index contributed by atoms with van der Waals surface area (Å²) in [6, 6.07) is 16.7. The Morgan fingerprint density at radius 2 is 1.85 bits per heavy atom. The quantitative estimate of drug-likeness (QED) is 0.736. The summed E-state index contributed by atoms with van der Waals surface area (Å²) in [6.07, 6.45) is 2.53. The summed E-state index contributed by atoms with van der Waals surface area (Å²) in [7, 11) is -2.03. The molecule has 27 heavy (non-hydrogen) atoms. The van der Waals surface area contributed by atoms with Gasteiger partial charge in [-0.2, -0.15) is 0 Å². The Hall–Kier alpha value is -2.44. The van der Waals surface area contributed by atoms with Crippen molar-refractivity contribution in [3.8, 4) is 11.3 Å². The molecule has 1 aliphatic rings. The van der Waals surface area contributed by atoms with Crippen LogP contribution in [0.15, 0.2) is 65.6 Å². The standard InChI is InChI=1S/C21H21FN2O2S/c1-23-19-11-6-12-20-18(19)14-21(15-7-3-2-4-8-15)24(20)27(25,26)17-10-5-9-16(22)13-17/h2-5,7-10,13-14,19,23H,6,11-12H2,1H3. The van der Waals surface area contributed by atoms with Gasteiger partial charge in [0.25, 0.3) is 10.0 Å². The number of fused-ring (bicyclic) bond motifs is 1. The highest BCUT2D eigenvalue weighted by atomic mass is 32.2. The van der Waals surface area contributed by atoms with Gasteiger partial charge in [0.15, 0.2) is 0 Å². The van der Waals surface area contributed by atoms with E-state index in [1.807, 2.05) is 43.4 Å². The zero-order valence-electron chi connectivity index (χ0n) is 15.0. The van der Waals surface area contributed by atoms with Crippen molar-refractivity contribution in [1.82, 2.24) is 9.29 Å². The van der Waals surface area contributed by atoms with Crippen molar-refractivity contribution < 1.29 is 12.8 Å². The lowest BCUT2D eigenvalue weighted by Crippen LogP contribution is -2.24. The van der Waals surface area contributed by atoms with Crippen LogP contribution in [0.5, 0.6) is 0 Å². The molecule has 4 rings (SSSR count). The van der Waals surface area contributed by atoms with Crippen LogP contribution >= 0.6 is 0 Å². The number of rotatable bonds is 4. The fraction of sp³-hybridized carbons (Fsp3) is 0.238. The maximum Gasteiger partial charge on any atom is 0.268 e. The third kappa shape index (κ3) is 3.09. The van der Waals surface area contributed by atoms with E-state index in [1.54, 1.807) is 0 Å². The van der Waals surface area contributed by atoms with E-state index >= 15 is 0 Å². The van der Waals surface area contributed by atoms with Crippen LogP contribution in [0.2, 0.25) is 0 Å². The maximum atomic E-state index is 13.7. The maximum absolute atomic E-state index is 13.7. The molecule has 0 amide bonds. The van der Waals surface area contributed by atoms with E-state index in [0.29, 0.717) is 12.1 Å². The Kier molecular flexibility index (Phi) is 4.61. The van der Waals surface area contributed by atoms with Gasteiger partial charge in [-0.1, -0.05) is 36.4 Å². The lowest BCUT2D eigenvalue weighted by atomic mass is 9.93. The Balaban J connectivity index is 2.00. The molecule has 0 fully saturated rings. The van der Waals surface area contributed by atoms with E-state index in [9.17, 15) is 12.8 Å². The summed E-state index contributed by atoms with van der Waals surface area (Å²) in [6.45, 7) is 0. The first-order chi connectivity index (χ1) is 13.0. The van der Waals surface area contributed by atoms with Crippen molar-refractivity contribution in [1.29, 1.82) is 0 Å². The van der Waals surface area contributed by atoms with Gasteiger partial charge in [-0.15, -0.1) is 0 Å². The third-order valence-corrected chi connectivity index (χ3v) is 6.87. The Bertz CT molecular complexity index is 1070. The average molecular weight is 384 g/mol. The van der Waals surface area contributed by atoms with Gasteiger partial charge in [-0.05, 0) is 61.7 Å². The average Bonchev–Trinajstić information content (AvgIpc) is 3.09. The van der Waals surface area contributed by atoms with Gasteiger partial charge in [-0.3, -0.25) is 0 Å². The molecule has 6 heteroatoms. The van der Waals surface area contributed by atoms with Gasteiger partial charge >= 0.3 is 0 Å². The van der Waals surface area contributed by atoms with E-state index in [2.05, 4.69) is 5.32 Å². The number of nitrogens with one attached hydrogen (secondary N) is 1. The highest BCUT2D eigenvalue weighted by molar-refractivity contribution is 7.90. The van der Waals surface area contributed by atoms with E-state index in [-0.39, 0.29) is 10.9 Å². The minimum absolute atomic E-state index is 0.0373. The normalized spacial score (nSPS) is 16.9. The van der Waals surface area contributed by atoms with Crippen LogP contribution in [0.1, 0.15) is 30.1 Å². The van der Waals surface area contributed by atoms with Crippen LogP contribution in [0.4, 0.5) is 4.39 Å². The molecule has 1 aliphatic carbocycles. The number of halogens is 1. The second-order valence-corrected chi connectivity index (χ2v) is 8.54. The number of aromatic nitrogens is 1. The second-order valence-electron chi connectivity index (χ2n) is 6.76. The summed E-state index contributed by atoms with van der Waals surface area (Å²) in [5.74, 6) is -0.563. The lowest BCUT2D eigenvalue weighted by Gasteiger charge is -2.23. The molecule has 140 valence electrons. The molecular weight excluding hydrogens is 363 g/mol. The topological polar surface area (TPSA) is 51.1 Å². The first kappa shape index (κ1) is 17.9. The van der Waals surface area contributed by atoms with Crippen LogP contribution < -0.4 is 5.32 Å². The molecule has 0 saturated carbocycles. The lowest BCUT2D eigenvalue weighted by molar-refractivity contribution is 0.491. The van der Waals surface area contributed by atoms with E-state index in [1.165, 1.54) is 22.2 Å². The monoisotopic (exact) mass is 384 g/mol. The van der Waals surface area contributed by atoms with Crippen LogP contribution in [0, 0.1) is 5.82 Å². The minimum Gasteiger partial charge on any atom is -0.313 e. The first-order valence-corrected chi connectivity index (χ1v) is 10.4. The van der Waals surface area contributed by atoms with E-state index in [4.69, 9.17) is 0 Å². The van der Waals surface area contributed by atoms with Crippen LogP contribution in [-0.4, -0.2) is 19.4 Å².